The van der Waals surface area contributed by atoms with Gasteiger partial charge in [0, 0.05) is 12.2 Å². The zero-order valence-electron chi connectivity index (χ0n) is 12.4. The smallest absolute Gasteiger partial charge is 0.337 e. The molecule has 0 saturated heterocycles. The number of benzene rings is 1. The van der Waals surface area contributed by atoms with Crippen molar-refractivity contribution in [1.29, 1.82) is 0 Å². The Morgan fingerprint density at radius 2 is 2.18 bits per heavy atom. The largest absolute Gasteiger partial charge is 0.466 e. The van der Waals surface area contributed by atoms with Gasteiger partial charge in [-0.1, -0.05) is 6.07 Å². The fourth-order valence-corrected chi connectivity index (χ4v) is 2.87. The number of hydrogen-bond donors (Lipinski definition) is 1. The number of nitrogens with zero attached hydrogens (tertiary/aromatic N) is 1. The average molecular weight is 371 g/mol. The molecule has 0 aromatic heterocycles. The number of carbonyl (C=O) groups excluding carboxylic acids is 2. The van der Waals surface area contributed by atoms with Crippen LogP contribution in [0.15, 0.2) is 33.9 Å². The molecule has 7 heteroatoms. The highest BCUT2D eigenvalue weighted by atomic mass is 79.9. The van der Waals surface area contributed by atoms with E-state index in [0.717, 1.165) is 0 Å². The minimum absolute atomic E-state index is 0.263. The maximum atomic E-state index is 13.4. The van der Waals surface area contributed by atoms with E-state index in [1.807, 2.05) is 6.92 Å². The Balaban J connectivity index is 2.57. The normalized spacial score (nSPS) is 18.3. The second kappa shape index (κ2) is 6.48. The van der Waals surface area contributed by atoms with Gasteiger partial charge in [0.25, 0.3) is 0 Å². The number of esters is 1. The van der Waals surface area contributed by atoms with Crippen molar-refractivity contribution in [3.05, 3.63) is 45.3 Å². The standard InChI is InChI=1S/C15H16BrFN2O3/c1-4-19-8(2)12(14(20)22-3)13(18-15(19)21)9-5-6-11(17)10(16)7-9/h5-7,13H,4H2,1-3H3,(H,18,21). The van der Waals surface area contributed by atoms with Gasteiger partial charge in [0.1, 0.15) is 5.82 Å². The summed E-state index contributed by atoms with van der Waals surface area (Å²) < 4.78 is 18.5. The molecule has 0 aliphatic carbocycles. The third kappa shape index (κ3) is 2.85. The summed E-state index contributed by atoms with van der Waals surface area (Å²) in [6.45, 7) is 3.94. The van der Waals surface area contributed by atoms with Crippen LogP contribution in [0.4, 0.5) is 9.18 Å². The fraction of sp³-hybridized carbons (Fsp3) is 0.333. The van der Waals surface area contributed by atoms with Gasteiger partial charge in [0.15, 0.2) is 0 Å². The highest BCUT2D eigenvalue weighted by Crippen LogP contribution is 2.32. The highest BCUT2D eigenvalue weighted by Gasteiger charge is 2.35. The van der Waals surface area contributed by atoms with Crippen LogP contribution in [-0.4, -0.2) is 30.6 Å². The van der Waals surface area contributed by atoms with Gasteiger partial charge in [-0.2, -0.15) is 0 Å². The maximum absolute atomic E-state index is 13.4. The predicted molar refractivity (Wildman–Crippen MR) is 82.5 cm³/mol. The third-order valence-electron chi connectivity index (χ3n) is 3.59. The molecular weight excluding hydrogens is 355 g/mol. The summed E-state index contributed by atoms with van der Waals surface area (Å²) in [5.74, 6) is -0.942. The summed E-state index contributed by atoms with van der Waals surface area (Å²) in [6, 6.07) is 3.36. The molecule has 1 aromatic carbocycles. The van der Waals surface area contributed by atoms with E-state index in [1.54, 1.807) is 6.92 Å². The monoisotopic (exact) mass is 370 g/mol. The van der Waals surface area contributed by atoms with E-state index in [-0.39, 0.29) is 10.5 Å². The number of nitrogens with one attached hydrogen (secondary N) is 1. The molecule has 1 aromatic rings. The first-order chi connectivity index (χ1) is 10.4. The second-order valence-corrected chi connectivity index (χ2v) is 5.65. The number of carbonyl (C=O) groups is 2. The molecule has 1 N–H and O–H groups in total. The van der Waals surface area contributed by atoms with Crippen LogP contribution in [0.25, 0.3) is 0 Å². The molecular formula is C15H16BrFN2O3. The van der Waals surface area contributed by atoms with Crippen molar-refractivity contribution in [2.24, 2.45) is 0 Å². The van der Waals surface area contributed by atoms with Crippen molar-refractivity contribution in [2.75, 3.05) is 13.7 Å². The molecule has 1 atom stereocenters. The quantitative estimate of drug-likeness (QED) is 0.831. The van der Waals surface area contributed by atoms with E-state index in [0.29, 0.717) is 23.4 Å². The van der Waals surface area contributed by atoms with Crippen molar-refractivity contribution in [1.82, 2.24) is 10.2 Å². The topological polar surface area (TPSA) is 58.6 Å². The number of hydrogen-bond acceptors (Lipinski definition) is 3. The molecule has 2 amide bonds. The number of amides is 2. The summed E-state index contributed by atoms with van der Waals surface area (Å²) >= 11 is 3.11. The van der Waals surface area contributed by atoms with Gasteiger partial charge in [-0.3, -0.25) is 4.90 Å². The molecule has 1 aliphatic heterocycles. The Morgan fingerprint density at radius 1 is 1.50 bits per heavy atom. The zero-order valence-corrected chi connectivity index (χ0v) is 14.0. The SMILES string of the molecule is CCN1C(=O)NC(c2ccc(F)c(Br)c2)C(C(=O)OC)=C1C. The van der Waals surface area contributed by atoms with Gasteiger partial charge in [-0.15, -0.1) is 0 Å². The molecule has 118 valence electrons. The lowest BCUT2D eigenvalue weighted by molar-refractivity contribution is -0.136. The van der Waals surface area contributed by atoms with Crippen molar-refractivity contribution in [3.63, 3.8) is 0 Å². The van der Waals surface area contributed by atoms with Crippen LogP contribution in [0, 0.1) is 5.82 Å². The lowest BCUT2D eigenvalue weighted by Gasteiger charge is -2.34. The van der Waals surface area contributed by atoms with Crippen LogP contribution >= 0.6 is 15.9 Å². The molecule has 0 radical (unpaired) electrons. The highest BCUT2D eigenvalue weighted by molar-refractivity contribution is 9.10. The first-order valence-electron chi connectivity index (χ1n) is 6.72. The van der Waals surface area contributed by atoms with Crippen molar-refractivity contribution < 1.29 is 18.7 Å². The summed E-state index contributed by atoms with van der Waals surface area (Å²) in [4.78, 5) is 25.8. The van der Waals surface area contributed by atoms with Crippen molar-refractivity contribution in [3.8, 4) is 0 Å². The zero-order chi connectivity index (χ0) is 16.4. The van der Waals surface area contributed by atoms with Gasteiger partial charge < -0.3 is 10.1 Å². The molecule has 0 fully saturated rings. The number of allylic oxidation sites excluding steroid dienone is 1. The summed E-state index contributed by atoms with van der Waals surface area (Å²) in [5.41, 5.74) is 1.46. The van der Waals surface area contributed by atoms with E-state index < -0.39 is 17.8 Å². The molecule has 5 nitrogen and oxygen atoms in total. The van der Waals surface area contributed by atoms with Crippen LogP contribution in [-0.2, 0) is 9.53 Å². The number of urea groups is 1. The Labute approximate surface area is 136 Å². The van der Waals surface area contributed by atoms with Crippen LogP contribution in [0.3, 0.4) is 0 Å². The van der Waals surface area contributed by atoms with E-state index in [1.165, 1.54) is 30.2 Å². The Bertz CT molecular complexity index is 660. The summed E-state index contributed by atoms with van der Waals surface area (Å²) in [7, 11) is 1.28. The van der Waals surface area contributed by atoms with Crippen LogP contribution < -0.4 is 5.32 Å². The maximum Gasteiger partial charge on any atom is 0.337 e. The minimum atomic E-state index is -0.681. The molecule has 1 heterocycles. The third-order valence-corrected chi connectivity index (χ3v) is 4.20. The molecule has 1 unspecified atom stereocenters. The number of methoxy groups -OCH3 is 1. The Kier molecular flexibility index (Phi) is 4.85. The summed E-state index contributed by atoms with van der Waals surface area (Å²) in [6.07, 6.45) is 0. The molecule has 0 spiro atoms. The van der Waals surface area contributed by atoms with Crippen molar-refractivity contribution >= 4 is 27.9 Å². The van der Waals surface area contributed by atoms with Gasteiger partial charge in [-0.05, 0) is 47.5 Å². The first-order valence-corrected chi connectivity index (χ1v) is 7.52. The van der Waals surface area contributed by atoms with Crippen LogP contribution in [0.2, 0.25) is 0 Å². The van der Waals surface area contributed by atoms with E-state index >= 15 is 0 Å². The molecule has 0 bridgehead atoms. The molecule has 22 heavy (non-hydrogen) atoms. The van der Waals surface area contributed by atoms with Crippen LogP contribution in [0.5, 0.6) is 0 Å². The molecule has 1 aliphatic rings. The Morgan fingerprint density at radius 3 is 2.73 bits per heavy atom. The van der Waals surface area contributed by atoms with E-state index in [9.17, 15) is 14.0 Å². The lowest BCUT2D eigenvalue weighted by atomic mass is 9.95. The van der Waals surface area contributed by atoms with E-state index in [2.05, 4.69) is 21.2 Å². The molecule has 2 rings (SSSR count). The minimum Gasteiger partial charge on any atom is -0.466 e. The number of halogens is 2. The van der Waals surface area contributed by atoms with Gasteiger partial charge in [-0.25, -0.2) is 14.0 Å². The number of rotatable bonds is 3. The Hall–Kier alpha value is -1.89. The fourth-order valence-electron chi connectivity index (χ4n) is 2.48. The summed E-state index contributed by atoms with van der Waals surface area (Å²) in [5, 5.41) is 2.76. The van der Waals surface area contributed by atoms with E-state index in [4.69, 9.17) is 4.74 Å². The van der Waals surface area contributed by atoms with Gasteiger partial charge in [0.2, 0.25) is 0 Å². The van der Waals surface area contributed by atoms with Gasteiger partial charge in [0.05, 0.1) is 23.2 Å². The average Bonchev–Trinajstić information content (AvgIpc) is 2.49. The van der Waals surface area contributed by atoms with Crippen molar-refractivity contribution in [2.45, 2.75) is 19.9 Å². The lowest BCUT2D eigenvalue weighted by Crippen LogP contribution is -2.47. The first kappa shape index (κ1) is 16.5. The molecule has 0 saturated carbocycles. The van der Waals surface area contributed by atoms with Crippen LogP contribution in [0.1, 0.15) is 25.5 Å². The number of ether oxygens (including phenoxy) is 1. The predicted octanol–water partition coefficient (Wildman–Crippen LogP) is 3.12. The second-order valence-electron chi connectivity index (χ2n) is 4.79. The van der Waals surface area contributed by atoms with Gasteiger partial charge >= 0.3 is 12.0 Å².